The highest BCUT2D eigenvalue weighted by Crippen LogP contribution is 2.36. The van der Waals surface area contributed by atoms with Crippen LogP contribution >= 0.6 is 23.8 Å². The zero-order chi connectivity index (χ0) is 24.2. The van der Waals surface area contributed by atoms with Gasteiger partial charge in [-0.1, -0.05) is 41.9 Å². The average Bonchev–Trinajstić information content (AvgIpc) is 2.85. The Bertz CT molecular complexity index is 1250. The van der Waals surface area contributed by atoms with Gasteiger partial charge in [-0.3, -0.25) is 9.69 Å². The second-order valence-corrected chi connectivity index (χ2v) is 8.45. The van der Waals surface area contributed by atoms with Gasteiger partial charge in [0.1, 0.15) is 11.5 Å². The standard InChI is InChI=1S/C26H24ClN3O3S/c1-16-23(25(31)28-21-14-9-18(27)15-22(21)33-3)24(17-7-5-4-6-8-17)29-26(34)30(16)19-10-12-20(32-2)13-11-19/h4-15,24H,1-3H3,(H,28,31)(H,29,34). The summed E-state index contributed by atoms with van der Waals surface area (Å²) in [7, 11) is 3.15. The van der Waals surface area contributed by atoms with Crippen molar-refractivity contribution in [2.45, 2.75) is 13.0 Å². The van der Waals surface area contributed by atoms with Crippen LogP contribution in [0.5, 0.6) is 11.5 Å². The molecule has 34 heavy (non-hydrogen) atoms. The Kier molecular flexibility index (Phi) is 7.05. The number of hydrogen-bond acceptors (Lipinski definition) is 4. The highest BCUT2D eigenvalue weighted by Gasteiger charge is 2.34. The van der Waals surface area contributed by atoms with Gasteiger partial charge in [0.05, 0.1) is 31.5 Å². The predicted octanol–water partition coefficient (Wildman–Crippen LogP) is 5.71. The van der Waals surface area contributed by atoms with E-state index < -0.39 is 6.04 Å². The highest BCUT2D eigenvalue weighted by atomic mass is 35.5. The number of nitrogens with one attached hydrogen (secondary N) is 2. The summed E-state index contributed by atoms with van der Waals surface area (Å²) in [6, 6.07) is 21.9. The van der Waals surface area contributed by atoms with Crippen molar-refractivity contribution < 1.29 is 14.3 Å². The molecule has 4 rings (SSSR count). The molecule has 0 aromatic heterocycles. The minimum absolute atomic E-state index is 0.277. The number of halogens is 1. The molecule has 2 N–H and O–H groups in total. The van der Waals surface area contributed by atoms with Gasteiger partial charge in [-0.05, 0) is 61.1 Å². The number of carbonyl (C=O) groups excluding carboxylic acids is 1. The van der Waals surface area contributed by atoms with Gasteiger partial charge in [-0.25, -0.2) is 0 Å². The summed E-state index contributed by atoms with van der Waals surface area (Å²) in [5, 5.41) is 7.35. The molecule has 0 saturated carbocycles. The summed E-state index contributed by atoms with van der Waals surface area (Å²) in [5.41, 5.74) is 3.51. The average molecular weight is 494 g/mol. The molecule has 6 nitrogen and oxygen atoms in total. The Balaban J connectivity index is 1.79. The van der Waals surface area contributed by atoms with Crippen molar-refractivity contribution in [1.82, 2.24) is 5.32 Å². The molecule has 1 aliphatic heterocycles. The third-order valence-corrected chi connectivity index (χ3v) is 6.14. The summed E-state index contributed by atoms with van der Waals surface area (Å²) < 4.78 is 10.7. The van der Waals surface area contributed by atoms with Crippen molar-refractivity contribution >= 4 is 46.2 Å². The SMILES string of the molecule is COc1ccc(N2C(=S)NC(c3ccccc3)C(C(=O)Nc3ccc(Cl)cc3OC)=C2C)cc1. The monoisotopic (exact) mass is 493 g/mol. The molecule has 3 aromatic carbocycles. The molecule has 8 heteroatoms. The van der Waals surface area contributed by atoms with Crippen LogP contribution in [0.1, 0.15) is 18.5 Å². The summed E-state index contributed by atoms with van der Waals surface area (Å²) in [5.74, 6) is 0.929. The van der Waals surface area contributed by atoms with Crippen molar-refractivity contribution in [2.24, 2.45) is 0 Å². The predicted molar refractivity (Wildman–Crippen MR) is 140 cm³/mol. The lowest BCUT2D eigenvalue weighted by Gasteiger charge is -2.38. The van der Waals surface area contributed by atoms with Gasteiger partial charge < -0.3 is 20.1 Å². The number of hydrogen-bond donors (Lipinski definition) is 2. The molecule has 3 aromatic rings. The van der Waals surface area contributed by atoms with Gasteiger partial charge in [0.2, 0.25) is 0 Å². The molecule has 0 spiro atoms. The summed E-state index contributed by atoms with van der Waals surface area (Å²) in [6.45, 7) is 1.89. The van der Waals surface area contributed by atoms with Gasteiger partial charge >= 0.3 is 0 Å². The molecule has 0 saturated heterocycles. The number of anilines is 2. The summed E-state index contributed by atoms with van der Waals surface area (Å²) >= 11 is 11.8. The maximum Gasteiger partial charge on any atom is 0.255 e. The van der Waals surface area contributed by atoms with Crippen LogP contribution in [0.4, 0.5) is 11.4 Å². The number of amides is 1. The number of thiocarbonyl (C=S) groups is 1. The van der Waals surface area contributed by atoms with Crippen molar-refractivity contribution in [3.63, 3.8) is 0 Å². The third kappa shape index (κ3) is 4.71. The Hall–Kier alpha value is -3.55. The Morgan fingerprint density at radius 1 is 1.03 bits per heavy atom. The zero-order valence-electron chi connectivity index (χ0n) is 19.0. The number of benzene rings is 3. The molecular weight excluding hydrogens is 470 g/mol. The Morgan fingerprint density at radius 2 is 1.74 bits per heavy atom. The molecule has 0 bridgehead atoms. The van der Waals surface area contributed by atoms with Gasteiger partial charge in [-0.2, -0.15) is 0 Å². The molecule has 1 aliphatic rings. The van der Waals surface area contributed by atoms with E-state index in [1.54, 1.807) is 25.3 Å². The zero-order valence-corrected chi connectivity index (χ0v) is 20.5. The molecule has 1 amide bonds. The van der Waals surface area contributed by atoms with E-state index in [0.29, 0.717) is 32.8 Å². The Morgan fingerprint density at radius 3 is 2.38 bits per heavy atom. The lowest BCUT2D eigenvalue weighted by atomic mass is 9.94. The lowest BCUT2D eigenvalue weighted by Crippen LogP contribution is -2.48. The molecule has 0 aliphatic carbocycles. The maximum atomic E-state index is 13.7. The molecule has 174 valence electrons. The van der Waals surface area contributed by atoms with Crippen LogP contribution < -0.4 is 25.0 Å². The van der Waals surface area contributed by atoms with Crippen LogP contribution in [0.25, 0.3) is 0 Å². The minimum atomic E-state index is -0.429. The number of carbonyl (C=O) groups is 1. The fourth-order valence-corrected chi connectivity index (χ4v) is 4.46. The molecule has 1 atom stereocenters. The molecular formula is C26H24ClN3O3S. The second kappa shape index (κ2) is 10.2. The van der Waals surface area contributed by atoms with Gasteiger partial charge in [0.15, 0.2) is 5.11 Å². The largest absolute Gasteiger partial charge is 0.497 e. The first-order valence-electron chi connectivity index (χ1n) is 10.6. The number of methoxy groups -OCH3 is 2. The van der Waals surface area contributed by atoms with Gasteiger partial charge in [-0.15, -0.1) is 0 Å². The van der Waals surface area contributed by atoms with Crippen LogP contribution in [-0.2, 0) is 4.79 Å². The van der Waals surface area contributed by atoms with Crippen LogP contribution in [-0.4, -0.2) is 25.2 Å². The van der Waals surface area contributed by atoms with Crippen LogP contribution in [0.3, 0.4) is 0 Å². The number of ether oxygens (including phenoxy) is 2. The highest BCUT2D eigenvalue weighted by molar-refractivity contribution is 7.80. The van der Waals surface area contributed by atoms with Gasteiger partial charge in [0, 0.05) is 22.5 Å². The number of allylic oxidation sites excluding steroid dienone is 1. The third-order valence-electron chi connectivity index (χ3n) is 5.60. The van der Waals surface area contributed by atoms with E-state index in [1.165, 1.54) is 7.11 Å². The summed E-state index contributed by atoms with van der Waals surface area (Å²) in [6.07, 6.45) is 0. The maximum absolute atomic E-state index is 13.7. The van der Waals surface area contributed by atoms with Crippen LogP contribution in [0.2, 0.25) is 5.02 Å². The quantitative estimate of drug-likeness (QED) is 0.429. The van der Waals surface area contributed by atoms with Crippen molar-refractivity contribution in [1.29, 1.82) is 0 Å². The first kappa shape index (κ1) is 23.6. The molecule has 1 unspecified atom stereocenters. The lowest BCUT2D eigenvalue weighted by molar-refractivity contribution is -0.113. The van der Waals surface area contributed by atoms with E-state index in [9.17, 15) is 4.79 Å². The number of rotatable bonds is 6. The molecule has 0 radical (unpaired) electrons. The second-order valence-electron chi connectivity index (χ2n) is 7.62. The summed E-state index contributed by atoms with van der Waals surface area (Å²) in [4.78, 5) is 15.6. The van der Waals surface area contributed by atoms with Crippen LogP contribution in [0, 0.1) is 0 Å². The minimum Gasteiger partial charge on any atom is -0.497 e. The smallest absolute Gasteiger partial charge is 0.255 e. The fourth-order valence-electron chi connectivity index (χ4n) is 3.93. The van der Waals surface area contributed by atoms with Crippen LogP contribution in [0.15, 0.2) is 84.1 Å². The fraction of sp³-hybridized carbons (Fsp3) is 0.154. The molecule has 0 fully saturated rings. The first-order chi connectivity index (χ1) is 16.4. The van der Waals surface area contributed by atoms with Crippen molar-refractivity contribution in [3.8, 4) is 11.5 Å². The van der Waals surface area contributed by atoms with E-state index in [1.807, 2.05) is 66.4 Å². The van der Waals surface area contributed by atoms with E-state index in [4.69, 9.17) is 33.3 Å². The van der Waals surface area contributed by atoms with E-state index >= 15 is 0 Å². The van der Waals surface area contributed by atoms with E-state index in [-0.39, 0.29) is 5.91 Å². The number of nitrogens with zero attached hydrogens (tertiary/aromatic N) is 1. The van der Waals surface area contributed by atoms with E-state index in [0.717, 1.165) is 17.0 Å². The van der Waals surface area contributed by atoms with Gasteiger partial charge in [0.25, 0.3) is 5.91 Å². The molecule has 1 heterocycles. The normalized spacial score (nSPS) is 15.6. The van der Waals surface area contributed by atoms with Crippen molar-refractivity contribution in [2.75, 3.05) is 24.4 Å². The topological polar surface area (TPSA) is 62.8 Å². The van der Waals surface area contributed by atoms with Crippen molar-refractivity contribution in [3.05, 3.63) is 94.7 Å². The Labute approximate surface area is 209 Å². The van der Waals surface area contributed by atoms with E-state index in [2.05, 4.69) is 10.6 Å². The first-order valence-corrected chi connectivity index (χ1v) is 11.4.